The highest BCUT2D eigenvalue weighted by Crippen LogP contribution is 2.55. The van der Waals surface area contributed by atoms with Crippen LogP contribution in [0.15, 0.2) is 200 Å². The maximum Gasteiger partial charge on any atom is 0.128 e. The van der Waals surface area contributed by atoms with Crippen molar-refractivity contribution in [2.24, 2.45) is 0 Å². The summed E-state index contributed by atoms with van der Waals surface area (Å²) in [5.74, 6) is 5.31. The zero-order valence-corrected chi connectivity index (χ0v) is 70.3. The maximum absolute atomic E-state index is 7.44. The van der Waals surface area contributed by atoms with Crippen LogP contribution in [0.1, 0.15) is 233 Å². The molecule has 13 aromatic carbocycles. The Morgan fingerprint density at radius 2 is 0.360 bits per heavy atom. The van der Waals surface area contributed by atoms with E-state index in [2.05, 4.69) is 263 Å². The van der Waals surface area contributed by atoms with E-state index in [1.54, 1.807) is 0 Å². The van der Waals surface area contributed by atoms with Crippen molar-refractivity contribution < 1.29 is 28.4 Å². The van der Waals surface area contributed by atoms with Crippen LogP contribution in [0.2, 0.25) is 0 Å². The van der Waals surface area contributed by atoms with Crippen molar-refractivity contribution in [1.82, 2.24) is 0 Å². The molecule has 594 valence electrons. The second-order valence-corrected chi connectivity index (χ2v) is 31.8. The number of aryl methyl sites for hydroxylation is 3. The van der Waals surface area contributed by atoms with E-state index in [1.807, 2.05) is 0 Å². The molecule has 0 saturated heterocycles. The molecule has 0 spiro atoms. The summed E-state index contributed by atoms with van der Waals surface area (Å²) in [4.78, 5) is 0. The van der Waals surface area contributed by atoms with E-state index < -0.39 is 0 Å². The van der Waals surface area contributed by atoms with E-state index in [0.29, 0.717) is 39.6 Å². The predicted molar refractivity (Wildman–Crippen MR) is 490 cm³/mol. The highest BCUT2D eigenvalue weighted by Gasteiger charge is 2.29. The van der Waals surface area contributed by atoms with Crippen LogP contribution in [0.3, 0.4) is 0 Å². The summed E-state index contributed by atoms with van der Waals surface area (Å²) in [6.45, 7) is 24.0. The molecule has 0 bridgehead atoms. The molecule has 0 atom stereocenters. The van der Waals surface area contributed by atoms with E-state index in [-0.39, 0.29) is 0 Å². The molecule has 13 aromatic rings. The Morgan fingerprint density at radius 3 is 0.570 bits per heavy atom. The summed E-state index contributed by atoms with van der Waals surface area (Å²) in [6.07, 6.45) is 29.0. The highest BCUT2D eigenvalue weighted by molar-refractivity contribution is 6.18. The van der Waals surface area contributed by atoms with Crippen molar-refractivity contribution >= 4 is 64.6 Å². The first-order valence-corrected chi connectivity index (χ1v) is 44.5. The van der Waals surface area contributed by atoms with Crippen LogP contribution in [0.5, 0.6) is 34.5 Å². The van der Waals surface area contributed by atoms with Crippen LogP contribution >= 0.6 is 0 Å². The van der Waals surface area contributed by atoms with Gasteiger partial charge in [-0.05, 0) is 246 Å². The number of unbranched alkanes of at least 4 members (excludes halogenated alkanes) is 15. The molecule has 0 radical (unpaired) electrons. The monoisotopic (exact) mass is 1520 g/mol. The van der Waals surface area contributed by atoms with Crippen LogP contribution in [0, 0.1) is 0 Å². The van der Waals surface area contributed by atoms with Gasteiger partial charge in [-0.2, -0.15) is 0 Å². The molecule has 0 fully saturated rings. The summed E-state index contributed by atoms with van der Waals surface area (Å²) in [5.41, 5.74) is 17.0. The Kier molecular flexibility index (Phi) is 29.9. The smallest absolute Gasteiger partial charge is 0.128 e. The summed E-state index contributed by atoms with van der Waals surface area (Å²) in [5, 5.41) is 14.1. The molecular formula is C108H126O6. The van der Waals surface area contributed by atoms with Gasteiger partial charge in [-0.3, -0.25) is 0 Å². The fourth-order valence-corrected chi connectivity index (χ4v) is 17.2. The lowest BCUT2D eigenvalue weighted by atomic mass is 9.83. The Morgan fingerprint density at radius 1 is 0.175 bits per heavy atom. The van der Waals surface area contributed by atoms with Gasteiger partial charge in [0.1, 0.15) is 34.5 Å². The molecule has 6 heteroatoms. The number of rotatable bonds is 45. The standard InChI is InChI=1S/C108H126O6/c1-10-19-28-31-46-76-70-97(109-61-22-13-4)103(88-55-40-34-49-82(76)88)106-91-58-43-37-52-85(91)94(73-100(106)112-64-25-16-7)79-67-80(95-74-101(113-65-26-17-8)107(92-59-44-38-53-86(92)95)104-89-56-41-35-50-83(89)77(47-32-29-20-11-2)71-98(104)110-62-23-14-5)69-81(68-79)96-75-102(114-66-27-18-9)108(93-60-45-39-54-87(93)96)105-90-57-42-36-51-84(90)78(48-33-30-21-12-3)72-99(105)111-63-24-15-6/h34-45,49-60,67-75H,10-33,46-48,61-66H2,1-9H3. The third kappa shape index (κ3) is 18.8. The third-order valence-electron chi connectivity index (χ3n) is 23.4. The maximum atomic E-state index is 7.44. The van der Waals surface area contributed by atoms with Crippen LogP contribution < -0.4 is 28.4 Å². The van der Waals surface area contributed by atoms with Gasteiger partial charge in [0.25, 0.3) is 0 Å². The van der Waals surface area contributed by atoms with Crippen molar-refractivity contribution in [1.29, 1.82) is 0 Å². The predicted octanol–water partition coefficient (Wildman–Crippen LogP) is 32.0. The van der Waals surface area contributed by atoms with Crippen molar-refractivity contribution in [2.75, 3.05) is 39.6 Å². The number of ether oxygens (including phenoxy) is 6. The highest BCUT2D eigenvalue weighted by atomic mass is 16.5. The first kappa shape index (κ1) is 82.2. The number of hydrogen-bond acceptors (Lipinski definition) is 6. The van der Waals surface area contributed by atoms with Crippen molar-refractivity contribution in [2.45, 2.75) is 236 Å². The second kappa shape index (κ2) is 41.5. The summed E-state index contributed by atoms with van der Waals surface area (Å²) >= 11 is 0. The van der Waals surface area contributed by atoms with E-state index in [0.717, 1.165) is 249 Å². The summed E-state index contributed by atoms with van der Waals surface area (Å²) < 4.78 is 43.8. The van der Waals surface area contributed by atoms with Crippen LogP contribution in [0.25, 0.3) is 131 Å². The molecule has 0 aliphatic carbocycles. The average Bonchev–Trinajstić information content (AvgIpc) is 0.733. The molecule has 0 aliphatic rings. The van der Waals surface area contributed by atoms with E-state index in [9.17, 15) is 0 Å². The molecule has 0 amide bonds. The van der Waals surface area contributed by atoms with Crippen molar-refractivity contribution in [3.05, 3.63) is 217 Å². The van der Waals surface area contributed by atoms with Gasteiger partial charge in [-0.25, -0.2) is 0 Å². The Bertz CT molecular complexity index is 4810. The van der Waals surface area contributed by atoms with Gasteiger partial charge in [0, 0.05) is 33.4 Å². The lowest BCUT2D eigenvalue weighted by Crippen LogP contribution is -2.04. The van der Waals surface area contributed by atoms with Gasteiger partial charge >= 0.3 is 0 Å². The first-order chi connectivity index (χ1) is 56.3. The van der Waals surface area contributed by atoms with Gasteiger partial charge in [0.2, 0.25) is 0 Å². The second-order valence-electron chi connectivity index (χ2n) is 31.8. The van der Waals surface area contributed by atoms with E-state index in [1.165, 1.54) is 107 Å². The Balaban J connectivity index is 1.14. The summed E-state index contributed by atoms with van der Waals surface area (Å²) in [7, 11) is 0. The SMILES string of the molecule is CCCCCCc1cc(OCCCC)c(-c2c(OCCCC)cc(-c3cc(-c4cc(OCCCC)c(-c5c(OCCCC)cc(CCCCCC)c6ccccc56)c5ccccc45)cc(-c4cc(OCCCC)c(-c5c(OCCCC)cc(CCCCCC)c6ccccc56)c5ccccc45)c3)c3ccccc23)c2ccccc12. The molecular weight excluding hydrogens is 1390 g/mol. The average molecular weight is 1520 g/mol. The quantitative estimate of drug-likeness (QED) is 0.0355. The lowest BCUT2D eigenvalue weighted by Gasteiger charge is -2.24. The molecule has 0 unspecified atom stereocenters. The number of hydrogen-bond donors (Lipinski definition) is 0. The minimum Gasteiger partial charge on any atom is -0.493 e. The van der Waals surface area contributed by atoms with Gasteiger partial charge < -0.3 is 28.4 Å². The molecule has 0 aliphatic heterocycles. The molecule has 13 rings (SSSR count). The Hall–Kier alpha value is -9.78. The minimum atomic E-state index is 0.564. The molecule has 0 N–H and O–H groups in total. The van der Waals surface area contributed by atoms with Gasteiger partial charge in [0.15, 0.2) is 0 Å². The Labute approximate surface area is 682 Å². The lowest BCUT2D eigenvalue weighted by molar-refractivity contribution is 0.306. The largest absolute Gasteiger partial charge is 0.493 e. The van der Waals surface area contributed by atoms with Crippen LogP contribution in [-0.2, 0) is 19.3 Å². The zero-order chi connectivity index (χ0) is 79.0. The van der Waals surface area contributed by atoms with E-state index >= 15 is 0 Å². The van der Waals surface area contributed by atoms with Crippen molar-refractivity contribution in [3.63, 3.8) is 0 Å². The van der Waals surface area contributed by atoms with Gasteiger partial charge in [-0.15, -0.1) is 0 Å². The normalized spacial score (nSPS) is 11.7. The minimum absolute atomic E-state index is 0.564. The van der Waals surface area contributed by atoms with E-state index in [4.69, 9.17) is 28.4 Å². The molecule has 6 nitrogen and oxygen atoms in total. The molecule has 0 aromatic heterocycles. The molecule has 0 heterocycles. The zero-order valence-electron chi connectivity index (χ0n) is 70.3. The van der Waals surface area contributed by atoms with Gasteiger partial charge in [-0.1, -0.05) is 304 Å². The number of benzene rings is 13. The fraction of sp³-hybridized carbons (Fsp3) is 0.389. The van der Waals surface area contributed by atoms with Crippen LogP contribution in [-0.4, -0.2) is 39.6 Å². The third-order valence-corrected chi connectivity index (χ3v) is 23.4. The van der Waals surface area contributed by atoms with Crippen LogP contribution in [0.4, 0.5) is 0 Å². The van der Waals surface area contributed by atoms with Gasteiger partial charge in [0.05, 0.1) is 39.6 Å². The first-order valence-electron chi connectivity index (χ1n) is 44.5. The topological polar surface area (TPSA) is 55.4 Å². The molecule has 114 heavy (non-hydrogen) atoms. The fourth-order valence-electron chi connectivity index (χ4n) is 17.2. The molecule has 0 saturated carbocycles. The van der Waals surface area contributed by atoms with Crippen molar-refractivity contribution in [3.8, 4) is 101 Å². The number of fused-ring (bicyclic) bond motifs is 6. The summed E-state index contributed by atoms with van der Waals surface area (Å²) in [6, 6.07) is 76.3.